The second-order valence-corrected chi connectivity index (χ2v) is 8.49. The highest BCUT2D eigenvalue weighted by Crippen LogP contribution is 2.47. The maximum atomic E-state index is 13.9. The summed E-state index contributed by atoms with van der Waals surface area (Å²) in [5.41, 5.74) is -0.846. The number of rotatable bonds is 3. The van der Waals surface area contributed by atoms with Crippen molar-refractivity contribution >= 4 is 44.6 Å². The maximum Gasteiger partial charge on any atom is 0.432 e. The van der Waals surface area contributed by atoms with E-state index in [1.165, 1.54) is 11.0 Å². The molecule has 12 heteroatoms. The summed E-state index contributed by atoms with van der Waals surface area (Å²) in [5, 5.41) is 3.66. The standard InChI is InChI=1S/C20H22BrF3N4O4/c1-27-3-5-28(6-4-27)19(30)32-12-7-11-13(10(8-21)9-25-11)14-15(18(29)31-2)17(20(22,23)24)26-16(12)14/h7,10,25-26H,3-6,8-9H2,1-2H3. The lowest BCUT2D eigenvalue weighted by atomic mass is 9.95. The molecular weight excluding hydrogens is 497 g/mol. The zero-order valence-corrected chi connectivity index (χ0v) is 19.0. The molecule has 0 saturated carbocycles. The highest BCUT2D eigenvalue weighted by atomic mass is 79.9. The van der Waals surface area contributed by atoms with Crippen molar-refractivity contribution in [3.63, 3.8) is 0 Å². The number of hydrogen-bond donors (Lipinski definition) is 2. The van der Waals surface area contributed by atoms with Gasteiger partial charge in [0, 0.05) is 61.1 Å². The molecule has 0 radical (unpaired) electrons. The molecular formula is C20H22BrF3N4O4. The molecule has 0 bridgehead atoms. The van der Waals surface area contributed by atoms with Gasteiger partial charge in [0.2, 0.25) is 0 Å². The molecule has 1 atom stereocenters. The lowest BCUT2D eigenvalue weighted by Gasteiger charge is -2.31. The molecule has 1 saturated heterocycles. The third kappa shape index (κ3) is 3.90. The van der Waals surface area contributed by atoms with Gasteiger partial charge >= 0.3 is 18.2 Å². The largest absolute Gasteiger partial charge is 0.465 e. The van der Waals surface area contributed by atoms with Gasteiger partial charge in [0.05, 0.1) is 18.2 Å². The van der Waals surface area contributed by atoms with Crippen LogP contribution in [-0.4, -0.2) is 79.1 Å². The molecule has 32 heavy (non-hydrogen) atoms. The summed E-state index contributed by atoms with van der Waals surface area (Å²) in [6.45, 7) is 2.67. The van der Waals surface area contributed by atoms with E-state index < -0.39 is 29.5 Å². The molecule has 2 aliphatic heterocycles. The van der Waals surface area contributed by atoms with Gasteiger partial charge in [0.15, 0.2) is 5.75 Å². The number of carbonyl (C=O) groups excluding carboxylic acids is 2. The van der Waals surface area contributed by atoms with Crippen LogP contribution in [0.5, 0.6) is 5.75 Å². The summed E-state index contributed by atoms with van der Waals surface area (Å²) in [5.74, 6) is -1.38. The summed E-state index contributed by atoms with van der Waals surface area (Å²) in [4.78, 5) is 31.1. The molecule has 0 aliphatic carbocycles. The quantitative estimate of drug-likeness (QED) is 0.476. The number of amides is 1. The van der Waals surface area contributed by atoms with Crippen molar-refractivity contribution in [2.24, 2.45) is 0 Å². The third-order valence-corrected chi connectivity index (χ3v) is 6.63. The number of ether oxygens (including phenoxy) is 2. The molecule has 4 rings (SSSR count). The number of H-pyrrole nitrogens is 1. The van der Waals surface area contributed by atoms with E-state index in [1.807, 2.05) is 7.05 Å². The molecule has 2 N–H and O–H groups in total. The summed E-state index contributed by atoms with van der Waals surface area (Å²) < 4.78 is 51.8. The number of anilines is 1. The van der Waals surface area contributed by atoms with Gasteiger partial charge in [-0.3, -0.25) is 0 Å². The Morgan fingerprint density at radius 3 is 2.53 bits per heavy atom. The number of piperazine rings is 1. The average Bonchev–Trinajstić information content (AvgIpc) is 3.34. The van der Waals surface area contributed by atoms with E-state index in [0.717, 1.165) is 7.11 Å². The van der Waals surface area contributed by atoms with Crippen molar-refractivity contribution in [2.75, 3.05) is 57.5 Å². The fraction of sp³-hybridized carbons (Fsp3) is 0.500. The van der Waals surface area contributed by atoms with E-state index in [0.29, 0.717) is 49.3 Å². The second kappa shape index (κ2) is 8.47. The summed E-state index contributed by atoms with van der Waals surface area (Å²) in [6, 6.07) is 1.51. The second-order valence-electron chi connectivity index (χ2n) is 7.84. The van der Waals surface area contributed by atoms with Crippen LogP contribution in [0.4, 0.5) is 23.7 Å². The molecule has 1 aromatic carbocycles. The lowest BCUT2D eigenvalue weighted by molar-refractivity contribution is -0.141. The summed E-state index contributed by atoms with van der Waals surface area (Å²) in [6.07, 6.45) is -5.50. The van der Waals surface area contributed by atoms with Crippen LogP contribution in [0.15, 0.2) is 6.07 Å². The Labute approximate surface area is 190 Å². The molecule has 1 amide bonds. The predicted octanol–water partition coefficient (Wildman–Crippen LogP) is 3.62. The Kier molecular flexibility index (Phi) is 6.01. The van der Waals surface area contributed by atoms with Crippen LogP contribution in [-0.2, 0) is 10.9 Å². The van der Waals surface area contributed by atoms with Gasteiger partial charge in [-0.2, -0.15) is 13.2 Å². The van der Waals surface area contributed by atoms with Crippen LogP contribution < -0.4 is 10.1 Å². The van der Waals surface area contributed by atoms with E-state index >= 15 is 0 Å². The number of nitrogens with one attached hydrogen (secondary N) is 2. The Hall–Kier alpha value is -2.47. The number of aromatic amines is 1. The van der Waals surface area contributed by atoms with Gasteiger partial charge in [0.1, 0.15) is 5.69 Å². The monoisotopic (exact) mass is 518 g/mol. The third-order valence-electron chi connectivity index (χ3n) is 5.85. The zero-order valence-electron chi connectivity index (χ0n) is 17.4. The number of methoxy groups -OCH3 is 1. The highest BCUT2D eigenvalue weighted by molar-refractivity contribution is 9.09. The molecule has 174 valence electrons. The Bertz CT molecular complexity index is 1060. The van der Waals surface area contributed by atoms with E-state index in [2.05, 4.69) is 35.9 Å². The van der Waals surface area contributed by atoms with E-state index in [9.17, 15) is 22.8 Å². The first-order valence-corrected chi connectivity index (χ1v) is 11.1. The predicted molar refractivity (Wildman–Crippen MR) is 115 cm³/mol. The van der Waals surface area contributed by atoms with Crippen molar-refractivity contribution in [3.8, 4) is 5.75 Å². The molecule has 3 heterocycles. The maximum absolute atomic E-state index is 13.9. The minimum Gasteiger partial charge on any atom is -0.465 e. The van der Waals surface area contributed by atoms with E-state index in [-0.39, 0.29) is 22.6 Å². The van der Waals surface area contributed by atoms with Gasteiger partial charge in [-0.1, -0.05) is 15.9 Å². The SMILES string of the molecule is COC(=O)c1c(C(F)(F)F)[nH]c2c(OC(=O)N3CCN(C)CC3)cc3c(c12)C(CBr)CN3. The topological polar surface area (TPSA) is 86.9 Å². The Balaban J connectivity index is 1.88. The fourth-order valence-corrected chi connectivity index (χ4v) is 4.71. The van der Waals surface area contributed by atoms with E-state index in [4.69, 9.17) is 4.74 Å². The van der Waals surface area contributed by atoms with Crippen LogP contribution >= 0.6 is 15.9 Å². The number of halogens is 4. The Morgan fingerprint density at radius 2 is 1.94 bits per heavy atom. The van der Waals surface area contributed by atoms with Crippen LogP contribution in [0.3, 0.4) is 0 Å². The van der Waals surface area contributed by atoms with Crippen molar-refractivity contribution in [3.05, 3.63) is 22.9 Å². The average molecular weight is 519 g/mol. The van der Waals surface area contributed by atoms with Gasteiger partial charge in [-0.25, -0.2) is 9.59 Å². The molecule has 1 fully saturated rings. The number of fused-ring (bicyclic) bond motifs is 3. The number of alkyl halides is 4. The number of hydrogen-bond acceptors (Lipinski definition) is 6. The first kappa shape index (κ1) is 22.7. The van der Waals surface area contributed by atoms with Crippen LogP contribution in [0.1, 0.15) is 27.5 Å². The number of esters is 1. The van der Waals surface area contributed by atoms with Gasteiger partial charge in [-0.15, -0.1) is 0 Å². The van der Waals surface area contributed by atoms with Gasteiger partial charge in [-0.05, 0) is 12.6 Å². The van der Waals surface area contributed by atoms with Gasteiger partial charge < -0.3 is 29.6 Å². The van der Waals surface area contributed by atoms with Crippen LogP contribution in [0, 0.1) is 0 Å². The lowest BCUT2D eigenvalue weighted by Crippen LogP contribution is -2.48. The number of carbonyl (C=O) groups is 2. The molecule has 0 spiro atoms. The molecule has 1 unspecified atom stereocenters. The summed E-state index contributed by atoms with van der Waals surface area (Å²) >= 11 is 3.39. The van der Waals surface area contributed by atoms with E-state index in [1.54, 1.807) is 0 Å². The smallest absolute Gasteiger partial charge is 0.432 e. The van der Waals surface area contributed by atoms with Crippen LogP contribution in [0.25, 0.3) is 10.9 Å². The normalized spacial score (nSPS) is 19.1. The first-order valence-electron chi connectivity index (χ1n) is 9.98. The molecule has 1 aromatic heterocycles. The van der Waals surface area contributed by atoms with Gasteiger partial charge in [0.25, 0.3) is 0 Å². The number of likely N-dealkylation sites (N-methyl/N-ethyl adjacent to an activating group) is 1. The number of aromatic nitrogens is 1. The van der Waals surface area contributed by atoms with Crippen LogP contribution in [0.2, 0.25) is 0 Å². The Morgan fingerprint density at radius 1 is 1.25 bits per heavy atom. The number of benzene rings is 1. The van der Waals surface area contributed by atoms with Crippen molar-refractivity contribution < 1.29 is 32.2 Å². The fourth-order valence-electron chi connectivity index (χ4n) is 4.15. The minimum atomic E-state index is -4.84. The minimum absolute atomic E-state index is 0.0531. The number of nitrogens with zero attached hydrogens (tertiary/aromatic N) is 2. The zero-order chi connectivity index (χ0) is 23.2. The molecule has 2 aliphatic rings. The molecule has 2 aromatic rings. The van der Waals surface area contributed by atoms with Crippen molar-refractivity contribution in [1.82, 2.24) is 14.8 Å². The molecule has 8 nitrogen and oxygen atoms in total. The highest BCUT2D eigenvalue weighted by Gasteiger charge is 2.42. The summed E-state index contributed by atoms with van der Waals surface area (Å²) in [7, 11) is 2.96. The van der Waals surface area contributed by atoms with Crippen molar-refractivity contribution in [1.29, 1.82) is 0 Å². The van der Waals surface area contributed by atoms with Crippen molar-refractivity contribution in [2.45, 2.75) is 12.1 Å². The first-order chi connectivity index (χ1) is 15.2.